The third-order valence-electron chi connectivity index (χ3n) is 1.95. The fraction of sp³-hybridized carbons (Fsp3) is 1.00. The molecule has 1 heterocycles. The summed E-state index contributed by atoms with van der Waals surface area (Å²) < 4.78 is 0. The molecule has 0 amide bonds. The summed E-state index contributed by atoms with van der Waals surface area (Å²) in [6, 6.07) is 0. The highest BCUT2D eigenvalue weighted by atomic mass is 15.2. The van der Waals surface area contributed by atoms with E-state index in [1.54, 1.807) is 0 Å². The molecule has 68 valence electrons. The molecule has 0 bridgehead atoms. The normalized spacial score (nSPS) is 23.7. The van der Waals surface area contributed by atoms with Crippen LogP contribution in [0.1, 0.15) is 34.1 Å². The fourth-order valence-corrected chi connectivity index (χ4v) is 0.987. The third-order valence-corrected chi connectivity index (χ3v) is 1.95. The maximum atomic E-state index is 3.43. The molecule has 2 heteroatoms. The van der Waals surface area contributed by atoms with Crippen LogP contribution in [0.25, 0.3) is 0 Å². The van der Waals surface area contributed by atoms with Crippen molar-refractivity contribution in [2.45, 2.75) is 39.7 Å². The number of nitrogens with zero attached hydrogens (tertiary/aromatic N) is 1. The Hall–Kier alpha value is -0.0800. The van der Waals surface area contributed by atoms with E-state index in [4.69, 9.17) is 0 Å². The van der Waals surface area contributed by atoms with Crippen LogP contribution in [0, 0.1) is 0 Å². The van der Waals surface area contributed by atoms with Gasteiger partial charge in [0, 0.05) is 18.8 Å². The highest BCUT2D eigenvalue weighted by molar-refractivity contribution is 4.81. The molecule has 0 unspecified atom stereocenters. The zero-order chi connectivity index (χ0) is 8.91. The monoisotopic (exact) mass is 158 g/mol. The van der Waals surface area contributed by atoms with Crippen molar-refractivity contribution < 1.29 is 0 Å². The van der Waals surface area contributed by atoms with Gasteiger partial charge in [0.05, 0.1) is 0 Å². The molecule has 0 aliphatic carbocycles. The summed E-state index contributed by atoms with van der Waals surface area (Å²) in [6.07, 6.45) is 1.25. The predicted molar refractivity (Wildman–Crippen MR) is 50.7 cm³/mol. The fourth-order valence-electron chi connectivity index (χ4n) is 0.987. The average Bonchev–Trinajstić information content (AvgIpc) is 2.00. The van der Waals surface area contributed by atoms with E-state index in [1.807, 2.05) is 13.8 Å². The van der Waals surface area contributed by atoms with Crippen LogP contribution in [0.3, 0.4) is 0 Å². The van der Waals surface area contributed by atoms with Crippen molar-refractivity contribution in [1.82, 2.24) is 10.2 Å². The van der Waals surface area contributed by atoms with E-state index in [1.165, 1.54) is 13.0 Å². The molecule has 0 spiro atoms. The van der Waals surface area contributed by atoms with Gasteiger partial charge in [-0.2, -0.15) is 0 Å². The molecule has 1 aliphatic rings. The molecule has 0 aromatic rings. The molecule has 11 heavy (non-hydrogen) atoms. The highest BCUT2D eigenvalue weighted by Gasteiger charge is 2.21. The lowest BCUT2D eigenvalue weighted by Crippen LogP contribution is -2.51. The van der Waals surface area contributed by atoms with Crippen molar-refractivity contribution in [3.63, 3.8) is 0 Å². The summed E-state index contributed by atoms with van der Waals surface area (Å²) in [5.41, 5.74) is 0.368. The molecule has 1 saturated heterocycles. The SMILES string of the molecule is CC.CN1CCC(C)(C)NC1. The van der Waals surface area contributed by atoms with Gasteiger partial charge in [0.15, 0.2) is 0 Å². The van der Waals surface area contributed by atoms with Crippen molar-refractivity contribution in [2.75, 3.05) is 20.3 Å². The van der Waals surface area contributed by atoms with Gasteiger partial charge in [0.2, 0.25) is 0 Å². The van der Waals surface area contributed by atoms with Crippen LogP contribution in [-0.4, -0.2) is 30.7 Å². The minimum absolute atomic E-state index is 0.368. The second-order valence-corrected chi connectivity index (χ2v) is 3.55. The molecule has 1 fully saturated rings. The van der Waals surface area contributed by atoms with E-state index in [2.05, 4.69) is 31.1 Å². The standard InChI is InChI=1S/C7H16N2.C2H6/c1-7(2)4-5-9(3)6-8-7;1-2/h8H,4-6H2,1-3H3;1-2H3. The van der Waals surface area contributed by atoms with Crippen LogP contribution in [0.15, 0.2) is 0 Å². The predicted octanol–water partition coefficient (Wildman–Crippen LogP) is 1.67. The van der Waals surface area contributed by atoms with Gasteiger partial charge in [-0.05, 0) is 27.3 Å². The Morgan fingerprint density at radius 2 is 1.82 bits per heavy atom. The summed E-state index contributed by atoms with van der Waals surface area (Å²) in [4.78, 5) is 2.30. The zero-order valence-corrected chi connectivity index (χ0v) is 8.57. The van der Waals surface area contributed by atoms with Gasteiger partial charge in [-0.25, -0.2) is 0 Å². The molecule has 0 atom stereocenters. The lowest BCUT2D eigenvalue weighted by atomic mass is 9.99. The van der Waals surface area contributed by atoms with Crippen LogP contribution >= 0.6 is 0 Å². The minimum Gasteiger partial charge on any atom is -0.299 e. The van der Waals surface area contributed by atoms with Crippen molar-refractivity contribution in [3.8, 4) is 0 Å². The van der Waals surface area contributed by atoms with Crippen LogP contribution in [-0.2, 0) is 0 Å². The number of nitrogens with one attached hydrogen (secondary N) is 1. The lowest BCUT2D eigenvalue weighted by Gasteiger charge is -2.36. The van der Waals surface area contributed by atoms with Gasteiger partial charge in [0.25, 0.3) is 0 Å². The Kier molecular flexibility index (Phi) is 4.69. The van der Waals surface area contributed by atoms with Gasteiger partial charge >= 0.3 is 0 Å². The van der Waals surface area contributed by atoms with Gasteiger partial charge in [-0.15, -0.1) is 0 Å². The van der Waals surface area contributed by atoms with Crippen molar-refractivity contribution >= 4 is 0 Å². The van der Waals surface area contributed by atoms with E-state index < -0.39 is 0 Å². The van der Waals surface area contributed by atoms with E-state index >= 15 is 0 Å². The Morgan fingerprint density at radius 3 is 2.09 bits per heavy atom. The van der Waals surface area contributed by atoms with Gasteiger partial charge < -0.3 is 0 Å². The summed E-state index contributed by atoms with van der Waals surface area (Å²) >= 11 is 0. The van der Waals surface area contributed by atoms with Gasteiger partial charge in [-0.1, -0.05) is 13.8 Å². The molecule has 0 aromatic carbocycles. The molecule has 0 aromatic heterocycles. The topological polar surface area (TPSA) is 15.3 Å². The smallest absolute Gasteiger partial charge is 0.0481 e. The first kappa shape index (κ1) is 10.9. The van der Waals surface area contributed by atoms with Crippen LogP contribution in [0.2, 0.25) is 0 Å². The van der Waals surface area contributed by atoms with Crippen molar-refractivity contribution in [1.29, 1.82) is 0 Å². The van der Waals surface area contributed by atoms with Crippen LogP contribution in [0.4, 0.5) is 0 Å². The largest absolute Gasteiger partial charge is 0.299 e. The Labute approximate surface area is 71.0 Å². The summed E-state index contributed by atoms with van der Waals surface area (Å²) in [6.45, 7) is 10.8. The molecular weight excluding hydrogens is 136 g/mol. The van der Waals surface area contributed by atoms with E-state index in [-0.39, 0.29) is 0 Å². The second-order valence-electron chi connectivity index (χ2n) is 3.55. The van der Waals surface area contributed by atoms with Crippen LogP contribution in [0.5, 0.6) is 0 Å². The van der Waals surface area contributed by atoms with Gasteiger partial charge in [0.1, 0.15) is 0 Å². The van der Waals surface area contributed by atoms with Crippen molar-refractivity contribution in [2.24, 2.45) is 0 Å². The zero-order valence-electron chi connectivity index (χ0n) is 8.57. The van der Waals surface area contributed by atoms with E-state index in [0.717, 1.165) is 6.67 Å². The highest BCUT2D eigenvalue weighted by Crippen LogP contribution is 2.12. The minimum atomic E-state index is 0.368. The molecule has 2 nitrogen and oxygen atoms in total. The average molecular weight is 158 g/mol. The number of hydrogen-bond donors (Lipinski definition) is 1. The molecular formula is C9H22N2. The Balaban J connectivity index is 0.000000461. The molecule has 1 N–H and O–H groups in total. The molecule has 0 saturated carbocycles. The quantitative estimate of drug-likeness (QED) is 0.577. The summed E-state index contributed by atoms with van der Waals surface area (Å²) in [5.74, 6) is 0. The first-order valence-corrected chi connectivity index (χ1v) is 4.54. The molecule has 1 rings (SSSR count). The Morgan fingerprint density at radius 1 is 1.27 bits per heavy atom. The first-order chi connectivity index (χ1) is 5.10. The first-order valence-electron chi connectivity index (χ1n) is 4.54. The Bertz CT molecular complexity index is 89.7. The second kappa shape index (κ2) is 4.73. The lowest BCUT2D eigenvalue weighted by molar-refractivity contribution is 0.172. The summed E-state index contributed by atoms with van der Waals surface area (Å²) in [7, 11) is 2.14. The molecule has 1 aliphatic heterocycles. The summed E-state index contributed by atoms with van der Waals surface area (Å²) in [5, 5.41) is 3.43. The molecule has 0 radical (unpaired) electrons. The van der Waals surface area contributed by atoms with Crippen molar-refractivity contribution in [3.05, 3.63) is 0 Å². The third kappa shape index (κ3) is 4.38. The van der Waals surface area contributed by atoms with Gasteiger partial charge in [-0.3, -0.25) is 10.2 Å². The van der Waals surface area contributed by atoms with Crippen LogP contribution < -0.4 is 5.32 Å². The van der Waals surface area contributed by atoms with E-state index in [0.29, 0.717) is 5.54 Å². The van der Waals surface area contributed by atoms with E-state index in [9.17, 15) is 0 Å². The number of hydrogen-bond acceptors (Lipinski definition) is 2. The maximum absolute atomic E-state index is 3.43. The maximum Gasteiger partial charge on any atom is 0.0481 e. The number of rotatable bonds is 0.